The number of fused-ring (bicyclic) bond motifs is 2. The monoisotopic (exact) mass is 581 g/mol. The molecule has 30 heavy (non-hydrogen) atoms. The summed E-state index contributed by atoms with van der Waals surface area (Å²) < 4.78 is 5.82. The van der Waals surface area contributed by atoms with Crippen LogP contribution in [0.5, 0.6) is 0 Å². The van der Waals surface area contributed by atoms with E-state index in [0.717, 1.165) is 16.8 Å². The predicted octanol–water partition coefficient (Wildman–Crippen LogP) is 5.15. The number of allylic oxidation sites excluding steroid dienone is 2. The molecule has 5 nitrogen and oxygen atoms in total. The van der Waals surface area contributed by atoms with Gasteiger partial charge < -0.3 is 14.5 Å². The molecule has 4 rings (SSSR count). The van der Waals surface area contributed by atoms with Gasteiger partial charge in [0.25, 0.3) is 0 Å². The number of carbonyl (C=O) groups is 1. The van der Waals surface area contributed by atoms with Crippen molar-refractivity contribution < 1.29 is 35.4 Å². The van der Waals surface area contributed by atoms with Crippen molar-refractivity contribution in [2.24, 2.45) is 0 Å². The second-order valence-corrected chi connectivity index (χ2v) is 6.67. The standard InChI is InChI=1S/C19H12NO2.C5H8O2.Pt/c1-12-5-7-17-14(10-12)19(21)15-11-13(6-8-18(15)22-17)16-4-2-3-9-20-16;1-4(6)3-5(2)7;/h2-5,7-11H,1H3;3,6H,1-2H3;/q-1;;. The van der Waals surface area contributed by atoms with Gasteiger partial charge in [0.05, 0.1) is 16.7 Å². The molecule has 2 aromatic carbocycles. The summed E-state index contributed by atoms with van der Waals surface area (Å²) in [6.07, 6.45) is 2.89. The van der Waals surface area contributed by atoms with Crippen LogP contribution in [0.25, 0.3) is 33.2 Å². The van der Waals surface area contributed by atoms with E-state index in [4.69, 9.17) is 9.52 Å². The summed E-state index contributed by atoms with van der Waals surface area (Å²) in [7, 11) is 0. The Morgan fingerprint density at radius 2 is 1.83 bits per heavy atom. The number of rotatable bonds is 2. The SMILES string of the molecule is CC(=O)C=C(C)O.Cc1ccc2oc3c[c-]c(-c4ccccn4)cc3c(=O)c2c1.[Pt]. The molecule has 2 heterocycles. The van der Waals surface area contributed by atoms with Gasteiger partial charge in [-0.2, -0.15) is 0 Å². The fourth-order valence-electron chi connectivity index (χ4n) is 2.88. The quantitative estimate of drug-likeness (QED) is 0.153. The third-order valence-corrected chi connectivity index (χ3v) is 4.11. The molecule has 0 unspecified atom stereocenters. The second kappa shape index (κ2) is 10.1. The van der Waals surface area contributed by atoms with Crippen LogP contribution < -0.4 is 5.43 Å². The zero-order chi connectivity index (χ0) is 21.0. The van der Waals surface area contributed by atoms with Crippen molar-refractivity contribution in [2.75, 3.05) is 0 Å². The van der Waals surface area contributed by atoms with E-state index in [0.29, 0.717) is 21.9 Å². The summed E-state index contributed by atoms with van der Waals surface area (Å²) >= 11 is 0. The number of ketones is 1. The molecule has 0 aliphatic rings. The molecule has 0 bridgehead atoms. The third-order valence-electron chi connectivity index (χ3n) is 4.11. The van der Waals surface area contributed by atoms with Gasteiger partial charge in [-0.05, 0) is 50.1 Å². The van der Waals surface area contributed by atoms with Crippen molar-refractivity contribution >= 4 is 27.7 Å². The number of aliphatic hydroxyl groups excluding tert-OH is 1. The Morgan fingerprint density at radius 1 is 1.10 bits per heavy atom. The Labute approximate surface area is 188 Å². The summed E-state index contributed by atoms with van der Waals surface area (Å²) in [5.74, 6) is -0.0625. The van der Waals surface area contributed by atoms with E-state index in [1.165, 1.54) is 19.9 Å². The van der Waals surface area contributed by atoms with Gasteiger partial charge in [0.1, 0.15) is 5.58 Å². The molecule has 2 aromatic heterocycles. The minimum absolute atomic E-state index is 0. The van der Waals surface area contributed by atoms with E-state index in [1.54, 1.807) is 18.3 Å². The number of benzene rings is 2. The van der Waals surface area contributed by atoms with Crippen molar-refractivity contribution in [1.82, 2.24) is 4.98 Å². The Bertz CT molecular complexity index is 1270. The van der Waals surface area contributed by atoms with Gasteiger partial charge in [-0.25, -0.2) is 0 Å². The first-order valence-corrected chi connectivity index (χ1v) is 9.03. The molecule has 0 atom stereocenters. The molecule has 4 aromatic rings. The van der Waals surface area contributed by atoms with Crippen LogP contribution in [-0.4, -0.2) is 15.9 Å². The number of hydrogen-bond donors (Lipinski definition) is 1. The Hall–Kier alpha value is -3.04. The molecular formula is C24H20NO4Pt-. The molecule has 0 aliphatic carbocycles. The number of carbonyl (C=O) groups excluding carboxylic acids is 1. The minimum atomic E-state index is -0.125. The average Bonchev–Trinajstić information content (AvgIpc) is 2.69. The van der Waals surface area contributed by atoms with E-state index in [1.807, 2.05) is 43.3 Å². The van der Waals surface area contributed by atoms with Crippen LogP contribution in [0.2, 0.25) is 0 Å². The molecule has 0 fully saturated rings. The maximum Gasteiger partial charge on any atom is 0.182 e. The first kappa shape index (κ1) is 23.2. The summed E-state index contributed by atoms with van der Waals surface area (Å²) in [4.78, 5) is 27.0. The van der Waals surface area contributed by atoms with Crippen LogP contribution in [0.15, 0.2) is 75.8 Å². The van der Waals surface area contributed by atoms with Crippen LogP contribution in [0.4, 0.5) is 0 Å². The number of hydrogen-bond acceptors (Lipinski definition) is 5. The van der Waals surface area contributed by atoms with E-state index in [-0.39, 0.29) is 38.0 Å². The molecular weight excluding hydrogens is 561 g/mol. The molecule has 0 spiro atoms. The fourth-order valence-corrected chi connectivity index (χ4v) is 2.88. The van der Waals surface area contributed by atoms with Gasteiger partial charge in [0.2, 0.25) is 0 Å². The zero-order valence-corrected chi connectivity index (χ0v) is 19.0. The first-order valence-electron chi connectivity index (χ1n) is 9.03. The largest absolute Gasteiger partial charge is 0.512 e. The number of aromatic nitrogens is 1. The van der Waals surface area contributed by atoms with Gasteiger partial charge in [-0.15, -0.1) is 23.8 Å². The van der Waals surface area contributed by atoms with Crippen molar-refractivity contribution in [2.45, 2.75) is 20.8 Å². The van der Waals surface area contributed by atoms with E-state index in [2.05, 4.69) is 11.1 Å². The first-order chi connectivity index (χ1) is 13.8. The number of aliphatic hydroxyl groups is 1. The van der Waals surface area contributed by atoms with Gasteiger partial charge >= 0.3 is 0 Å². The molecule has 0 saturated heterocycles. The summed E-state index contributed by atoms with van der Waals surface area (Å²) in [6.45, 7) is 4.81. The van der Waals surface area contributed by atoms with E-state index < -0.39 is 0 Å². The van der Waals surface area contributed by atoms with E-state index in [9.17, 15) is 9.59 Å². The number of pyridine rings is 1. The normalized spacial score (nSPS) is 10.8. The maximum absolute atomic E-state index is 12.7. The molecule has 0 radical (unpaired) electrons. The predicted molar refractivity (Wildman–Crippen MR) is 114 cm³/mol. The van der Waals surface area contributed by atoms with Crippen LogP contribution in [0, 0.1) is 13.0 Å². The van der Waals surface area contributed by atoms with Crippen LogP contribution in [0.1, 0.15) is 19.4 Å². The number of nitrogens with zero attached hydrogens (tertiary/aromatic N) is 1. The summed E-state index contributed by atoms with van der Waals surface area (Å²) in [5, 5.41) is 9.52. The van der Waals surface area contributed by atoms with Crippen LogP contribution in [-0.2, 0) is 25.9 Å². The Morgan fingerprint density at radius 3 is 2.43 bits per heavy atom. The number of aryl methyl sites for hydroxylation is 1. The van der Waals surface area contributed by atoms with Crippen LogP contribution in [0.3, 0.4) is 0 Å². The van der Waals surface area contributed by atoms with Gasteiger partial charge in [-0.1, -0.05) is 23.8 Å². The topological polar surface area (TPSA) is 80.4 Å². The summed E-state index contributed by atoms with van der Waals surface area (Å²) in [5.41, 5.74) is 3.72. The Balaban J connectivity index is 0.000000350. The molecule has 156 valence electrons. The van der Waals surface area contributed by atoms with Crippen LogP contribution >= 0.6 is 0 Å². The van der Waals surface area contributed by atoms with Gasteiger partial charge in [-0.3, -0.25) is 9.59 Å². The average molecular weight is 582 g/mol. The third kappa shape index (κ3) is 5.52. The van der Waals surface area contributed by atoms with Gasteiger partial charge in [0, 0.05) is 33.3 Å². The van der Waals surface area contributed by atoms with Crippen molar-refractivity contribution in [3.8, 4) is 11.3 Å². The van der Waals surface area contributed by atoms with Crippen molar-refractivity contribution in [1.29, 1.82) is 0 Å². The molecule has 0 saturated carbocycles. The minimum Gasteiger partial charge on any atom is -0.512 e. The molecule has 0 aliphatic heterocycles. The molecule has 6 heteroatoms. The molecule has 0 amide bonds. The zero-order valence-electron chi connectivity index (χ0n) is 16.7. The van der Waals surface area contributed by atoms with Crippen molar-refractivity contribution in [3.63, 3.8) is 0 Å². The fraction of sp³-hybridized carbons (Fsp3) is 0.125. The summed E-state index contributed by atoms with van der Waals surface area (Å²) in [6, 6.07) is 17.9. The van der Waals surface area contributed by atoms with E-state index >= 15 is 0 Å². The maximum atomic E-state index is 12.7. The Kier molecular flexibility index (Phi) is 7.85. The molecule has 1 N–H and O–H groups in total. The van der Waals surface area contributed by atoms with Crippen molar-refractivity contribution in [3.05, 3.63) is 88.4 Å². The smallest absolute Gasteiger partial charge is 0.182 e. The van der Waals surface area contributed by atoms with Gasteiger partial charge in [0.15, 0.2) is 11.2 Å². The second-order valence-electron chi connectivity index (χ2n) is 6.67.